The minimum absolute atomic E-state index is 0.00308. The molecule has 0 radical (unpaired) electrons. The molecule has 0 aromatic heterocycles. The molecule has 24 heavy (non-hydrogen) atoms. The Balaban J connectivity index is 1.76. The van der Waals surface area contributed by atoms with Crippen molar-refractivity contribution in [3.63, 3.8) is 0 Å². The number of nitrogens with one attached hydrogen (secondary N) is 1. The Morgan fingerprint density at radius 3 is 2.58 bits per heavy atom. The van der Waals surface area contributed by atoms with E-state index in [4.69, 9.17) is 5.14 Å². The smallest absolute Gasteiger partial charge is 0.238 e. The van der Waals surface area contributed by atoms with Crippen LogP contribution in [0.15, 0.2) is 23.1 Å². The summed E-state index contributed by atoms with van der Waals surface area (Å²) in [4.78, 5) is 14.3. The van der Waals surface area contributed by atoms with E-state index >= 15 is 0 Å². The van der Waals surface area contributed by atoms with Crippen molar-refractivity contribution < 1.29 is 13.2 Å². The second kappa shape index (κ2) is 6.37. The molecule has 3 N–H and O–H groups in total. The second-order valence-corrected chi connectivity index (χ2v) is 8.87. The lowest BCUT2D eigenvalue weighted by molar-refractivity contribution is -0.117. The quantitative estimate of drug-likeness (QED) is 0.850. The van der Waals surface area contributed by atoms with Crippen LogP contribution in [-0.2, 0) is 14.8 Å². The van der Waals surface area contributed by atoms with Gasteiger partial charge in [0.15, 0.2) is 0 Å². The maximum atomic E-state index is 12.5. The van der Waals surface area contributed by atoms with E-state index in [0.717, 1.165) is 18.0 Å². The Labute approximate surface area is 143 Å². The van der Waals surface area contributed by atoms with Crippen molar-refractivity contribution >= 4 is 27.3 Å². The first-order valence-corrected chi connectivity index (χ1v) is 9.92. The summed E-state index contributed by atoms with van der Waals surface area (Å²) >= 11 is 0. The number of carbonyl (C=O) groups excluding carboxylic acids is 1. The monoisotopic (exact) mass is 351 g/mol. The molecule has 132 valence electrons. The van der Waals surface area contributed by atoms with Gasteiger partial charge in [-0.1, -0.05) is 6.42 Å². The third-order valence-corrected chi connectivity index (χ3v) is 6.30. The fourth-order valence-electron chi connectivity index (χ4n) is 4.25. The van der Waals surface area contributed by atoms with Gasteiger partial charge in [0.1, 0.15) is 0 Å². The Morgan fingerprint density at radius 1 is 1.29 bits per heavy atom. The zero-order valence-electron chi connectivity index (χ0n) is 14.2. The van der Waals surface area contributed by atoms with Gasteiger partial charge in [-0.3, -0.25) is 4.79 Å². The van der Waals surface area contributed by atoms with Gasteiger partial charge in [-0.05, 0) is 55.2 Å². The molecule has 2 aliphatic rings. The number of hydrogen-bond acceptors (Lipinski definition) is 4. The molecule has 0 spiro atoms. The average Bonchev–Trinajstić information content (AvgIpc) is 3.08. The molecule has 7 heteroatoms. The minimum atomic E-state index is -3.80. The van der Waals surface area contributed by atoms with Crippen molar-refractivity contribution in [2.75, 3.05) is 24.3 Å². The van der Waals surface area contributed by atoms with Gasteiger partial charge in [0, 0.05) is 20.5 Å². The van der Waals surface area contributed by atoms with Crippen molar-refractivity contribution in [3.8, 4) is 0 Å². The predicted octanol–water partition coefficient (Wildman–Crippen LogP) is 2.16. The molecular weight excluding hydrogens is 326 g/mol. The maximum absolute atomic E-state index is 12.5. The largest absolute Gasteiger partial charge is 0.376 e. The first kappa shape index (κ1) is 17.2. The van der Waals surface area contributed by atoms with Gasteiger partial charge >= 0.3 is 0 Å². The first-order chi connectivity index (χ1) is 11.2. The molecule has 2 fully saturated rings. The van der Waals surface area contributed by atoms with E-state index in [-0.39, 0.29) is 10.8 Å². The van der Waals surface area contributed by atoms with E-state index in [1.807, 2.05) is 19.0 Å². The number of amides is 1. The van der Waals surface area contributed by atoms with E-state index in [0.29, 0.717) is 23.9 Å². The summed E-state index contributed by atoms with van der Waals surface area (Å²) < 4.78 is 23.1. The lowest BCUT2D eigenvalue weighted by Crippen LogP contribution is -2.22. The number of anilines is 2. The summed E-state index contributed by atoms with van der Waals surface area (Å²) in [5.74, 6) is 1.90. The number of nitrogens with zero attached hydrogens (tertiary/aromatic N) is 1. The molecule has 2 bridgehead atoms. The number of carbonyl (C=O) groups is 1. The number of sulfonamides is 1. The minimum Gasteiger partial charge on any atom is -0.376 e. The van der Waals surface area contributed by atoms with Crippen molar-refractivity contribution in [1.29, 1.82) is 0 Å². The molecule has 1 amide bonds. The van der Waals surface area contributed by atoms with Gasteiger partial charge in [0.2, 0.25) is 15.9 Å². The molecule has 0 heterocycles. The molecule has 0 aliphatic heterocycles. The van der Waals surface area contributed by atoms with E-state index in [1.54, 1.807) is 6.07 Å². The molecule has 2 saturated carbocycles. The van der Waals surface area contributed by atoms with Gasteiger partial charge in [-0.15, -0.1) is 0 Å². The van der Waals surface area contributed by atoms with Crippen molar-refractivity contribution in [2.45, 2.75) is 37.0 Å². The van der Waals surface area contributed by atoms with Gasteiger partial charge in [-0.25, -0.2) is 13.6 Å². The van der Waals surface area contributed by atoms with E-state index < -0.39 is 10.0 Å². The van der Waals surface area contributed by atoms with Crippen molar-refractivity contribution in [2.24, 2.45) is 22.9 Å². The normalized spacial score (nSPS) is 25.7. The molecule has 6 nitrogen and oxygen atoms in total. The molecule has 0 saturated heterocycles. The molecule has 3 rings (SSSR count). The summed E-state index contributed by atoms with van der Waals surface area (Å²) in [6.07, 6.45) is 5.47. The highest BCUT2D eigenvalue weighted by Crippen LogP contribution is 2.49. The number of fused-ring (bicyclic) bond motifs is 2. The summed E-state index contributed by atoms with van der Waals surface area (Å²) in [5.41, 5.74) is 1.24. The van der Waals surface area contributed by atoms with Crippen LogP contribution in [0.2, 0.25) is 0 Å². The van der Waals surface area contributed by atoms with Crippen LogP contribution < -0.4 is 15.4 Å². The van der Waals surface area contributed by atoms with Gasteiger partial charge < -0.3 is 10.2 Å². The number of hydrogen-bond donors (Lipinski definition) is 2. The predicted molar refractivity (Wildman–Crippen MR) is 94.3 cm³/mol. The summed E-state index contributed by atoms with van der Waals surface area (Å²) in [7, 11) is -0.113. The third kappa shape index (κ3) is 3.57. The Morgan fingerprint density at radius 2 is 2.04 bits per heavy atom. The summed E-state index contributed by atoms with van der Waals surface area (Å²) in [5, 5.41) is 8.09. The van der Waals surface area contributed by atoms with Crippen LogP contribution in [0, 0.1) is 17.8 Å². The van der Waals surface area contributed by atoms with Gasteiger partial charge in [0.05, 0.1) is 16.3 Å². The highest BCUT2D eigenvalue weighted by molar-refractivity contribution is 7.89. The van der Waals surface area contributed by atoms with Crippen LogP contribution in [0.5, 0.6) is 0 Å². The Bertz CT molecular complexity index is 745. The maximum Gasteiger partial charge on any atom is 0.238 e. The second-order valence-electron chi connectivity index (χ2n) is 7.31. The number of primary sulfonamides is 1. The molecule has 1 aromatic rings. The zero-order valence-corrected chi connectivity index (χ0v) is 15.0. The molecule has 2 aliphatic carbocycles. The van der Waals surface area contributed by atoms with Gasteiger partial charge in [0.25, 0.3) is 0 Å². The van der Waals surface area contributed by atoms with Crippen LogP contribution in [0.25, 0.3) is 0 Å². The summed E-state index contributed by atoms with van der Waals surface area (Å²) in [6.45, 7) is 0. The standard InChI is InChI=1S/C17H25N3O3S/c1-20(2)16-6-5-14(24(18,22)23)10-15(16)19-17(21)9-13-8-11-3-4-12(13)7-11/h5-6,10-13H,3-4,7-9H2,1-2H3,(H,19,21)(H2,18,22,23)/t11-,12-,13+/m0/s1. The topological polar surface area (TPSA) is 92.5 Å². The van der Waals surface area contributed by atoms with E-state index in [2.05, 4.69) is 5.32 Å². The highest BCUT2D eigenvalue weighted by Gasteiger charge is 2.40. The fourth-order valence-corrected chi connectivity index (χ4v) is 4.79. The number of rotatable bonds is 5. The van der Waals surface area contributed by atoms with Crippen LogP contribution in [-0.4, -0.2) is 28.4 Å². The van der Waals surface area contributed by atoms with E-state index in [1.165, 1.54) is 31.4 Å². The first-order valence-electron chi connectivity index (χ1n) is 8.38. The van der Waals surface area contributed by atoms with Crippen LogP contribution in [0.1, 0.15) is 32.1 Å². The SMILES string of the molecule is CN(C)c1ccc(S(N)(=O)=O)cc1NC(=O)C[C@H]1C[C@H]2CC[C@H]1C2. The average molecular weight is 351 g/mol. The zero-order chi connectivity index (χ0) is 17.5. The lowest BCUT2D eigenvalue weighted by Gasteiger charge is -2.22. The highest BCUT2D eigenvalue weighted by atomic mass is 32.2. The number of nitrogens with two attached hydrogens (primary N) is 1. The molecular formula is C17H25N3O3S. The fraction of sp³-hybridized carbons (Fsp3) is 0.588. The van der Waals surface area contributed by atoms with Gasteiger partial charge in [-0.2, -0.15) is 0 Å². The van der Waals surface area contributed by atoms with Crippen LogP contribution >= 0.6 is 0 Å². The lowest BCUT2D eigenvalue weighted by atomic mass is 9.86. The number of benzene rings is 1. The van der Waals surface area contributed by atoms with Crippen LogP contribution in [0.4, 0.5) is 11.4 Å². The van der Waals surface area contributed by atoms with Crippen LogP contribution in [0.3, 0.4) is 0 Å². The molecule has 3 atom stereocenters. The Kier molecular flexibility index (Phi) is 4.57. The molecule has 0 unspecified atom stereocenters. The van der Waals surface area contributed by atoms with Crippen molar-refractivity contribution in [1.82, 2.24) is 0 Å². The molecule has 1 aromatic carbocycles. The Hall–Kier alpha value is -1.60. The third-order valence-electron chi connectivity index (χ3n) is 5.38. The van der Waals surface area contributed by atoms with Crippen molar-refractivity contribution in [3.05, 3.63) is 18.2 Å². The summed E-state index contributed by atoms with van der Waals surface area (Å²) in [6, 6.07) is 4.55. The van der Waals surface area contributed by atoms with E-state index in [9.17, 15) is 13.2 Å².